The minimum Gasteiger partial charge on any atom is -0.302 e. The summed E-state index contributed by atoms with van der Waals surface area (Å²) < 4.78 is 0. The van der Waals surface area contributed by atoms with Gasteiger partial charge in [0.1, 0.15) is 0 Å². The molecule has 0 radical (unpaired) electrons. The van der Waals surface area contributed by atoms with Gasteiger partial charge in [-0.05, 0) is 44.2 Å². The third kappa shape index (κ3) is 4.17. The van der Waals surface area contributed by atoms with Crippen LogP contribution < -0.4 is 0 Å². The average Bonchev–Trinajstić information content (AvgIpc) is 2.33. The topological polar surface area (TPSA) is 20.3 Å². The van der Waals surface area contributed by atoms with E-state index in [0.29, 0.717) is 6.42 Å². The molecule has 110 valence electrons. The summed E-state index contributed by atoms with van der Waals surface area (Å²) in [5.74, 6) is 1.80. The maximum absolute atomic E-state index is 12.3. The first-order chi connectivity index (χ1) is 9.44. The zero-order valence-corrected chi connectivity index (χ0v) is 13.3. The van der Waals surface area contributed by atoms with Gasteiger partial charge in [-0.1, -0.05) is 31.0 Å². The third-order valence-corrected chi connectivity index (χ3v) is 4.14. The highest BCUT2D eigenvalue weighted by Gasteiger charge is 2.22. The number of ketones is 1. The highest BCUT2D eigenvalue weighted by molar-refractivity contribution is 5.96. The van der Waals surface area contributed by atoms with E-state index in [2.05, 4.69) is 38.7 Å². The number of aryl methyl sites for hydroxylation is 2. The van der Waals surface area contributed by atoms with Crippen molar-refractivity contribution in [1.29, 1.82) is 0 Å². The lowest BCUT2D eigenvalue weighted by Crippen LogP contribution is -2.39. The fourth-order valence-corrected chi connectivity index (χ4v) is 3.51. The molecule has 0 bridgehead atoms. The van der Waals surface area contributed by atoms with Crippen LogP contribution in [0.4, 0.5) is 0 Å². The van der Waals surface area contributed by atoms with Gasteiger partial charge in [-0.3, -0.25) is 4.79 Å². The molecule has 2 heteroatoms. The Labute approximate surface area is 123 Å². The van der Waals surface area contributed by atoms with Crippen LogP contribution >= 0.6 is 0 Å². The van der Waals surface area contributed by atoms with Crippen LogP contribution in [0.1, 0.15) is 48.2 Å². The number of hydrogen-bond acceptors (Lipinski definition) is 2. The van der Waals surface area contributed by atoms with E-state index in [1.165, 1.54) is 17.5 Å². The van der Waals surface area contributed by atoms with Crippen molar-refractivity contribution in [3.8, 4) is 0 Å². The number of likely N-dealkylation sites (tertiary alicyclic amines) is 1. The van der Waals surface area contributed by atoms with Gasteiger partial charge < -0.3 is 4.90 Å². The van der Waals surface area contributed by atoms with Crippen molar-refractivity contribution < 1.29 is 4.79 Å². The summed E-state index contributed by atoms with van der Waals surface area (Å²) in [6.45, 7) is 11.9. The van der Waals surface area contributed by atoms with Crippen molar-refractivity contribution in [2.75, 3.05) is 19.6 Å². The van der Waals surface area contributed by atoms with Gasteiger partial charge >= 0.3 is 0 Å². The zero-order chi connectivity index (χ0) is 14.7. The van der Waals surface area contributed by atoms with Gasteiger partial charge in [-0.25, -0.2) is 0 Å². The standard InChI is InChI=1S/C18H27NO/c1-13-7-14(2)10-17(9-13)18(20)5-6-19-11-15(3)8-16(4)12-19/h7,9-10,15-16H,5-6,8,11-12H2,1-4H3. The zero-order valence-electron chi connectivity index (χ0n) is 13.3. The minimum absolute atomic E-state index is 0.280. The van der Waals surface area contributed by atoms with Crippen molar-refractivity contribution in [3.63, 3.8) is 0 Å². The molecule has 1 aromatic carbocycles. The van der Waals surface area contributed by atoms with E-state index in [1.54, 1.807) is 0 Å². The molecule has 1 aliphatic rings. The van der Waals surface area contributed by atoms with Crippen LogP contribution in [-0.4, -0.2) is 30.3 Å². The monoisotopic (exact) mass is 273 g/mol. The predicted molar refractivity (Wildman–Crippen MR) is 84.2 cm³/mol. The van der Waals surface area contributed by atoms with Gasteiger partial charge in [-0.15, -0.1) is 0 Å². The lowest BCUT2D eigenvalue weighted by molar-refractivity contribution is 0.0926. The Balaban J connectivity index is 1.91. The molecule has 0 spiro atoms. The Kier molecular flexibility index (Phi) is 4.98. The fraction of sp³-hybridized carbons (Fsp3) is 0.611. The Morgan fingerprint density at radius 2 is 1.65 bits per heavy atom. The SMILES string of the molecule is Cc1cc(C)cc(C(=O)CCN2CC(C)CC(C)C2)c1. The number of carbonyl (C=O) groups excluding carboxylic acids is 1. The minimum atomic E-state index is 0.280. The molecule has 1 aromatic rings. The normalized spacial score (nSPS) is 23.8. The number of piperidine rings is 1. The molecule has 0 saturated carbocycles. The molecular formula is C18H27NO. The summed E-state index contributed by atoms with van der Waals surface area (Å²) in [5.41, 5.74) is 3.22. The fourth-order valence-electron chi connectivity index (χ4n) is 3.51. The Hall–Kier alpha value is -1.15. The second-order valence-electron chi connectivity index (χ2n) is 6.76. The van der Waals surface area contributed by atoms with Crippen molar-refractivity contribution in [2.24, 2.45) is 11.8 Å². The lowest BCUT2D eigenvalue weighted by atomic mass is 9.91. The van der Waals surface area contributed by atoms with E-state index in [-0.39, 0.29) is 5.78 Å². The molecule has 2 rings (SSSR count). The smallest absolute Gasteiger partial charge is 0.164 e. The predicted octanol–water partition coefficient (Wildman–Crippen LogP) is 3.85. The van der Waals surface area contributed by atoms with E-state index >= 15 is 0 Å². The average molecular weight is 273 g/mol. The number of carbonyl (C=O) groups is 1. The van der Waals surface area contributed by atoms with Crippen LogP contribution in [0.15, 0.2) is 18.2 Å². The second-order valence-corrected chi connectivity index (χ2v) is 6.76. The van der Waals surface area contributed by atoms with E-state index in [4.69, 9.17) is 0 Å². The summed E-state index contributed by atoms with van der Waals surface area (Å²) in [6.07, 6.45) is 1.96. The van der Waals surface area contributed by atoms with Crippen molar-refractivity contribution in [2.45, 2.75) is 40.5 Å². The van der Waals surface area contributed by atoms with E-state index in [9.17, 15) is 4.79 Å². The maximum Gasteiger partial charge on any atom is 0.164 e. The molecule has 1 heterocycles. The van der Waals surface area contributed by atoms with Crippen LogP contribution in [-0.2, 0) is 0 Å². The molecule has 0 amide bonds. The first kappa shape index (κ1) is 15.2. The lowest BCUT2D eigenvalue weighted by Gasteiger charge is -2.34. The Bertz CT molecular complexity index is 450. The molecule has 0 aliphatic carbocycles. The van der Waals surface area contributed by atoms with Crippen molar-refractivity contribution in [1.82, 2.24) is 4.90 Å². The summed E-state index contributed by atoms with van der Waals surface area (Å²) in [5, 5.41) is 0. The highest BCUT2D eigenvalue weighted by atomic mass is 16.1. The summed E-state index contributed by atoms with van der Waals surface area (Å²) in [4.78, 5) is 14.8. The first-order valence-electron chi connectivity index (χ1n) is 7.78. The molecule has 2 nitrogen and oxygen atoms in total. The number of hydrogen-bond donors (Lipinski definition) is 0. The molecule has 0 N–H and O–H groups in total. The second kappa shape index (κ2) is 6.53. The molecule has 1 saturated heterocycles. The number of Topliss-reactive ketones (excluding diaryl/α,β-unsaturated/α-hetero) is 1. The van der Waals surface area contributed by atoms with Crippen molar-refractivity contribution in [3.05, 3.63) is 34.9 Å². The van der Waals surface area contributed by atoms with E-state index in [1.807, 2.05) is 12.1 Å². The molecule has 1 fully saturated rings. The van der Waals surface area contributed by atoms with Gasteiger partial charge in [0, 0.05) is 31.6 Å². The van der Waals surface area contributed by atoms with Gasteiger partial charge in [0.2, 0.25) is 0 Å². The van der Waals surface area contributed by atoms with Gasteiger partial charge in [-0.2, -0.15) is 0 Å². The summed E-state index contributed by atoms with van der Waals surface area (Å²) in [6, 6.07) is 6.14. The number of nitrogens with zero attached hydrogens (tertiary/aromatic N) is 1. The molecule has 20 heavy (non-hydrogen) atoms. The van der Waals surface area contributed by atoms with Gasteiger partial charge in [0.25, 0.3) is 0 Å². The van der Waals surface area contributed by atoms with Crippen LogP contribution in [0.2, 0.25) is 0 Å². The number of rotatable bonds is 4. The molecule has 0 aromatic heterocycles. The summed E-state index contributed by atoms with van der Waals surface area (Å²) >= 11 is 0. The van der Waals surface area contributed by atoms with E-state index < -0.39 is 0 Å². The van der Waals surface area contributed by atoms with Crippen LogP contribution in [0.3, 0.4) is 0 Å². The first-order valence-corrected chi connectivity index (χ1v) is 7.78. The van der Waals surface area contributed by atoms with Crippen LogP contribution in [0.25, 0.3) is 0 Å². The molecule has 2 atom stereocenters. The van der Waals surface area contributed by atoms with E-state index in [0.717, 1.165) is 37.0 Å². The van der Waals surface area contributed by atoms with Gasteiger partial charge in [0.05, 0.1) is 0 Å². The quantitative estimate of drug-likeness (QED) is 0.777. The maximum atomic E-state index is 12.3. The van der Waals surface area contributed by atoms with Gasteiger partial charge in [0.15, 0.2) is 5.78 Å². The highest BCUT2D eigenvalue weighted by Crippen LogP contribution is 2.21. The Morgan fingerprint density at radius 1 is 1.10 bits per heavy atom. The Morgan fingerprint density at radius 3 is 2.20 bits per heavy atom. The molecule has 2 unspecified atom stereocenters. The van der Waals surface area contributed by atoms with Crippen molar-refractivity contribution >= 4 is 5.78 Å². The largest absolute Gasteiger partial charge is 0.302 e. The molecule has 1 aliphatic heterocycles. The number of benzene rings is 1. The third-order valence-electron chi connectivity index (χ3n) is 4.14. The molecular weight excluding hydrogens is 246 g/mol. The van der Waals surface area contributed by atoms with Crippen LogP contribution in [0.5, 0.6) is 0 Å². The van der Waals surface area contributed by atoms with Crippen LogP contribution in [0, 0.1) is 25.7 Å². The summed E-state index contributed by atoms with van der Waals surface area (Å²) in [7, 11) is 0.